The Morgan fingerprint density at radius 2 is 1.95 bits per heavy atom. The van der Waals surface area contributed by atoms with E-state index in [0.29, 0.717) is 19.7 Å². The molecule has 1 unspecified atom stereocenters. The van der Waals surface area contributed by atoms with Gasteiger partial charge in [0, 0.05) is 25.6 Å². The van der Waals surface area contributed by atoms with Gasteiger partial charge in [-0.25, -0.2) is 0 Å². The first-order valence-corrected chi connectivity index (χ1v) is 7.31. The minimum absolute atomic E-state index is 0.0244. The summed E-state index contributed by atoms with van der Waals surface area (Å²) >= 11 is 0. The van der Waals surface area contributed by atoms with E-state index in [2.05, 4.69) is 15.5 Å². The van der Waals surface area contributed by atoms with Gasteiger partial charge in [0.1, 0.15) is 12.4 Å². The molecular weight excluding hydrogens is 266 g/mol. The van der Waals surface area contributed by atoms with Crippen LogP contribution in [0.5, 0.6) is 5.75 Å². The van der Waals surface area contributed by atoms with E-state index in [1.54, 1.807) is 0 Å². The topological polar surface area (TPSA) is 53.6 Å². The van der Waals surface area contributed by atoms with Crippen molar-refractivity contribution in [2.24, 2.45) is 5.92 Å². The van der Waals surface area contributed by atoms with Crippen molar-refractivity contribution in [3.63, 3.8) is 0 Å². The number of ether oxygens (including phenoxy) is 1. The van der Waals surface area contributed by atoms with Gasteiger partial charge in [-0.1, -0.05) is 19.1 Å². The average Bonchev–Trinajstić information content (AvgIpc) is 2.46. The molecular formula is C16H27N3O2. The summed E-state index contributed by atoms with van der Waals surface area (Å²) in [6.07, 6.45) is 0. The van der Waals surface area contributed by atoms with Crippen molar-refractivity contribution >= 4 is 5.91 Å². The minimum atomic E-state index is -0.0244. The quantitative estimate of drug-likeness (QED) is 0.716. The van der Waals surface area contributed by atoms with Crippen LogP contribution in [0, 0.1) is 5.92 Å². The summed E-state index contributed by atoms with van der Waals surface area (Å²) in [6.45, 7) is 4.70. The molecule has 1 aromatic rings. The highest BCUT2D eigenvalue weighted by Crippen LogP contribution is 2.12. The molecule has 0 saturated carbocycles. The number of benzene rings is 1. The summed E-state index contributed by atoms with van der Waals surface area (Å²) in [6, 6.07) is 7.84. The lowest BCUT2D eigenvalue weighted by molar-refractivity contribution is -0.124. The summed E-state index contributed by atoms with van der Waals surface area (Å²) < 4.78 is 5.63. The number of hydrogen-bond acceptors (Lipinski definition) is 4. The molecule has 0 aliphatic rings. The van der Waals surface area contributed by atoms with Crippen LogP contribution in [0.2, 0.25) is 0 Å². The lowest BCUT2D eigenvalue weighted by atomic mass is 10.1. The van der Waals surface area contributed by atoms with Crippen molar-refractivity contribution in [2.45, 2.75) is 13.5 Å². The van der Waals surface area contributed by atoms with Crippen LogP contribution in [0.1, 0.15) is 12.5 Å². The van der Waals surface area contributed by atoms with Gasteiger partial charge in [-0.05, 0) is 38.8 Å². The third kappa shape index (κ3) is 7.11. The first-order valence-electron chi connectivity index (χ1n) is 7.31. The van der Waals surface area contributed by atoms with Crippen molar-refractivity contribution in [1.29, 1.82) is 0 Å². The second-order valence-corrected chi connectivity index (χ2v) is 5.47. The average molecular weight is 293 g/mol. The van der Waals surface area contributed by atoms with E-state index >= 15 is 0 Å². The number of nitrogens with zero attached hydrogens (tertiary/aromatic N) is 1. The highest BCUT2D eigenvalue weighted by Gasteiger charge is 2.10. The van der Waals surface area contributed by atoms with Crippen molar-refractivity contribution in [2.75, 3.05) is 40.8 Å². The third-order valence-corrected chi connectivity index (χ3v) is 3.16. The van der Waals surface area contributed by atoms with Crippen LogP contribution in [-0.2, 0) is 11.3 Å². The molecule has 1 amide bonds. The standard InChI is InChI=1S/C16H27N3O2/c1-13(11-17-2)16(20)18-12-14-5-7-15(8-6-14)21-10-9-19(3)4/h5-8,13,17H,9-12H2,1-4H3,(H,18,20). The Bertz CT molecular complexity index is 418. The molecule has 118 valence electrons. The minimum Gasteiger partial charge on any atom is -0.492 e. The summed E-state index contributed by atoms with van der Waals surface area (Å²) in [4.78, 5) is 13.9. The fourth-order valence-corrected chi connectivity index (χ4v) is 1.81. The smallest absolute Gasteiger partial charge is 0.224 e. The van der Waals surface area contributed by atoms with Crippen molar-refractivity contribution < 1.29 is 9.53 Å². The Hall–Kier alpha value is -1.59. The van der Waals surface area contributed by atoms with Gasteiger partial charge in [-0.3, -0.25) is 4.79 Å². The van der Waals surface area contributed by atoms with E-state index in [1.807, 2.05) is 52.3 Å². The largest absolute Gasteiger partial charge is 0.492 e. The van der Waals surface area contributed by atoms with Crippen LogP contribution in [0.15, 0.2) is 24.3 Å². The maximum atomic E-state index is 11.8. The number of carbonyl (C=O) groups excluding carboxylic acids is 1. The highest BCUT2D eigenvalue weighted by atomic mass is 16.5. The Balaban J connectivity index is 2.35. The van der Waals surface area contributed by atoms with E-state index in [4.69, 9.17) is 4.74 Å². The van der Waals surface area contributed by atoms with Crippen LogP contribution in [-0.4, -0.2) is 51.6 Å². The molecule has 1 atom stereocenters. The van der Waals surface area contributed by atoms with E-state index < -0.39 is 0 Å². The zero-order valence-electron chi connectivity index (χ0n) is 13.5. The molecule has 0 radical (unpaired) electrons. The van der Waals surface area contributed by atoms with Gasteiger partial charge in [-0.2, -0.15) is 0 Å². The molecule has 0 aliphatic carbocycles. The van der Waals surface area contributed by atoms with Gasteiger partial charge in [0.05, 0.1) is 0 Å². The maximum Gasteiger partial charge on any atom is 0.224 e. The van der Waals surface area contributed by atoms with Crippen LogP contribution >= 0.6 is 0 Å². The van der Waals surface area contributed by atoms with Crippen LogP contribution in [0.3, 0.4) is 0 Å². The predicted octanol–water partition coefficient (Wildman–Crippen LogP) is 1.10. The van der Waals surface area contributed by atoms with E-state index in [1.165, 1.54) is 0 Å². The summed E-state index contributed by atoms with van der Waals surface area (Å²) in [5, 5.41) is 5.94. The summed E-state index contributed by atoms with van der Waals surface area (Å²) in [5.41, 5.74) is 1.07. The molecule has 0 fully saturated rings. The fraction of sp³-hybridized carbons (Fsp3) is 0.562. The SMILES string of the molecule is CNCC(C)C(=O)NCc1ccc(OCCN(C)C)cc1. The maximum absolute atomic E-state index is 11.8. The molecule has 1 rings (SSSR count). The zero-order valence-corrected chi connectivity index (χ0v) is 13.5. The first kappa shape index (κ1) is 17.5. The molecule has 2 N–H and O–H groups in total. The first-order chi connectivity index (χ1) is 10.0. The van der Waals surface area contributed by atoms with Gasteiger partial charge in [0.15, 0.2) is 0 Å². The molecule has 0 aromatic heterocycles. The van der Waals surface area contributed by atoms with Gasteiger partial charge in [0.25, 0.3) is 0 Å². The third-order valence-electron chi connectivity index (χ3n) is 3.16. The number of nitrogens with one attached hydrogen (secondary N) is 2. The molecule has 0 spiro atoms. The normalized spacial score (nSPS) is 12.2. The molecule has 0 bridgehead atoms. The van der Waals surface area contributed by atoms with Crippen molar-refractivity contribution in [3.05, 3.63) is 29.8 Å². The monoisotopic (exact) mass is 293 g/mol. The van der Waals surface area contributed by atoms with Gasteiger partial charge in [0.2, 0.25) is 5.91 Å². The van der Waals surface area contributed by atoms with Crippen molar-refractivity contribution in [3.8, 4) is 5.75 Å². The molecule has 1 aromatic carbocycles. The Labute approximate surface area is 127 Å². The lowest BCUT2D eigenvalue weighted by Crippen LogP contribution is -2.33. The van der Waals surface area contributed by atoms with Gasteiger partial charge >= 0.3 is 0 Å². The molecule has 0 heterocycles. The van der Waals surface area contributed by atoms with E-state index in [-0.39, 0.29) is 11.8 Å². The lowest BCUT2D eigenvalue weighted by Gasteiger charge is -2.13. The van der Waals surface area contributed by atoms with Gasteiger partial charge < -0.3 is 20.3 Å². The Kier molecular flexibility index (Phi) is 7.79. The highest BCUT2D eigenvalue weighted by molar-refractivity contribution is 5.78. The van der Waals surface area contributed by atoms with E-state index in [0.717, 1.165) is 17.9 Å². The number of rotatable bonds is 9. The molecule has 5 nitrogen and oxygen atoms in total. The zero-order chi connectivity index (χ0) is 15.7. The molecule has 0 saturated heterocycles. The summed E-state index contributed by atoms with van der Waals surface area (Å²) in [7, 11) is 5.88. The number of hydrogen-bond donors (Lipinski definition) is 2. The Morgan fingerprint density at radius 3 is 2.52 bits per heavy atom. The molecule has 5 heteroatoms. The fourth-order valence-electron chi connectivity index (χ4n) is 1.81. The second kappa shape index (κ2) is 9.37. The van der Waals surface area contributed by atoms with Crippen LogP contribution < -0.4 is 15.4 Å². The number of carbonyl (C=O) groups is 1. The van der Waals surface area contributed by atoms with Gasteiger partial charge in [-0.15, -0.1) is 0 Å². The molecule has 0 aliphatic heterocycles. The summed E-state index contributed by atoms with van der Waals surface area (Å²) in [5.74, 6) is 0.898. The van der Waals surface area contributed by atoms with Crippen LogP contribution in [0.4, 0.5) is 0 Å². The molecule has 21 heavy (non-hydrogen) atoms. The van der Waals surface area contributed by atoms with Crippen molar-refractivity contribution in [1.82, 2.24) is 15.5 Å². The van der Waals surface area contributed by atoms with Crippen LogP contribution in [0.25, 0.3) is 0 Å². The predicted molar refractivity (Wildman–Crippen MR) is 85.4 cm³/mol. The Morgan fingerprint density at radius 1 is 1.29 bits per heavy atom. The number of likely N-dealkylation sites (N-methyl/N-ethyl adjacent to an activating group) is 1. The second-order valence-electron chi connectivity index (χ2n) is 5.47. The van der Waals surface area contributed by atoms with E-state index in [9.17, 15) is 4.79 Å². The number of amides is 1.